The minimum absolute atomic E-state index is 1.32. The van der Waals surface area contributed by atoms with Crippen LogP contribution in [0.25, 0.3) is 225 Å². The second-order valence-electron chi connectivity index (χ2n) is 31.8. The molecule has 558 valence electrons. The number of hydrogen-bond donors (Lipinski definition) is 0. The number of thiophene rings is 12. The van der Waals surface area contributed by atoms with Crippen LogP contribution in [0.4, 0.5) is 0 Å². The molecule has 116 heavy (non-hydrogen) atoms. The van der Waals surface area contributed by atoms with E-state index >= 15 is 0 Å². The van der Waals surface area contributed by atoms with E-state index in [9.17, 15) is 0 Å². The predicted octanol–water partition coefficient (Wildman–Crippen LogP) is 37.6. The van der Waals surface area contributed by atoms with Gasteiger partial charge in [-0.15, -0.1) is 136 Å². The maximum atomic E-state index is 2.40. The summed E-state index contributed by atoms with van der Waals surface area (Å²) in [4.78, 5) is 8.31. The van der Waals surface area contributed by atoms with E-state index in [4.69, 9.17) is 0 Å². The van der Waals surface area contributed by atoms with Crippen molar-refractivity contribution in [2.45, 2.75) is 69.2 Å². The fraction of sp³-hybridized carbons (Fsp3) is 0.0962. The fourth-order valence-electron chi connectivity index (χ4n) is 17.5. The topological polar surface area (TPSA) is 0 Å². The average Bonchev–Trinajstić information content (AvgIpc) is 1.56. The summed E-state index contributed by atoms with van der Waals surface area (Å²) in [5.41, 5.74) is 5.29. The Hall–Kier alpha value is -9.58. The molecule has 15 aromatic carbocycles. The Labute approximate surface area is 716 Å². The smallest absolute Gasteiger partial charge is 0.0642 e. The van der Waals surface area contributed by atoms with E-state index in [1.54, 1.807) is 0 Å². The van der Waals surface area contributed by atoms with Gasteiger partial charge in [0.15, 0.2) is 0 Å². The zero-order valence-corrected chi connectivity index (χ0v) is 74.8. The molecule has 0 fully saturated rings. The molecule has 0 saturated carbocycles. The summed E-state index contributed by atoms with van der Waals surface area (Å²) in [5, 5.41) is 35.4. The molecule has 0 N–H and O–H groups in total. The molecule has 0 amide bonds. The summed E-state index contributed by atoms with van der Waals surface area (Å²) in [5.74, 6) is 0. The molecule has 0 aliphatic carbocycles. The van der Waals surface area contributed by atoms with Crippen LogP contribution in [0.15, 0.2) is 243 Å². The minimum Gasteiger partial charge on any atom is -0.141 e. The zero-order valence-electron chi connectivity index (χ0n) is 65.0. The first-order valence-corrected chi connectivity index (χ1v) is 48.8. The maximum absolute atomic E-state index is 2.40. The van der Waals surface area contributed by atoms with Crippen molar-refractivity contribution in [2.24, 2.45) is 0 Å². The summed E-state index contributed by atoms with van der Waals surface area (Å²) < 4.78 is 25.7. The highest BCUT2D eigenvalue weighted by Gasteiger charge is 2.21. The van der Waals surface area contributed by atoms with Gasteiger partial charge in [0.25, 0.3) is 0 Å². The van der Waals surface area contributed by atoms with Gasteiger partial charge in [-0.3, -0.25) is 0 Å². The van der Waals surface area contributed by atoms with Crippen LogP contribution in [0.2, 0.25) is 0 Å². The third-order valence-corrected chi connectivity index (χ3v) is 36.9. The Bertz CT molecular complexity index is 7980. The van der Waals surface area contributed by atoms with Gasteiger partial charge in [-0.05, 0) is 358 Å². The second kappa shape index (κ2) is 27.5. The van der Waals surface area contributed by atoms with Crippen molar-refractivity contribution >= 4 is 361 Å². The highest BCUT2D eigenvalue weighted by Crippen LogP contribution is 2.54. The van der Waals surface area contributed by atoms with Gasteiger partial charge in [-0.25, -0.2) is 0 Å². The SMILES string of the molecule is Cc1cc2cc3cc4cc5sc(C)cc5cc4cc3cc2s1.Cc1cc2cc3cc4sc(C)cc4cc3cc2s1.Cc1cc2cc3cc4sc(C)cc4cc3cc2s1.Cc1ccc2cc3c(cc2c1)sc1c3sc2c3cc4ccc(C)cc4cc3sc21.Cc1ccc2cc3sc4c(sc5c6cc7cc(C)ccc7cc6sc54)c3cc2c1. The summed E-state index contributed by atoms with van der Waals surface area (Å²) in [6, 6.07) is 92.5. The number of fused-ring (bicyclic) bond motifs is 28. The normalized spacial score (nSPS) is 12.2. The Balaban J connectivity index is 0.0000000868. The van der Waals surface area contributed by atoms with Gasteiger partial charge in [0.1, 0.15) is 0 Å². The number of rotatable bonds is 0. The number of benzene rings is 15. The summed E-state index contributed by atoms with van der Waals surface area (Å²) in [6.45, 7) is 21.8. The van der Waals surface area contributed by atoms with E-state index in [2.05, 4.69) is 312 Å². The van der Waals surface area contributed by atoms with Crippen molar-refractivity contribution in [3.05, 3.63) is 294 Å². The molecular weight excluding hydrogens is 1630 g/mol. The quantitative estimate of drug-likeness (QED) is 0.133. The van der Waals surface area contributed by atoms with Crippen LogP contribution < -0.4 is 0 Å². The third-order valence-electron chi connectivity index (χ3n) is 22.9. The van der Waals surface area contributed by atoms with E-state index in [0.717, 1.165) is 0 Å². The van der Waals surface area contributed by atoms with Crippen molar-refractivity contribution in [1.82, 2.24) is 0 Å². The molecule has 0 unspecified atom stereocenters. The highest BCUT2D eigenvalue weighted by molar-refractivity contribution is 7.44. The molecule has 0 bridgehead atoms. The number of hydrogen-bond acceptors (Lipinski definition) is 12. The summed E-state index contributed by atoms with van der Waals surface area (Å²) in [6.07, 6.45) is 0. The van der Waals surface area contributed by atoms with E-state index in [1.165, 1.54) is 276 Å². The van der Waals surface area contributed by atoms with Crippen LogP contribution in [0.5, 0.6) is 0 Å². The van der Waals surface area contributed by atoms with Gasteiger partial charge >= 0.3 is 0 Å². The lowest BCUT2D eigenvalue weighted by atomic mass is 10.0. The predicted molar refractivity (Wildman–Crippen MR) is 539 cm³/mol. The van der Waals surface area contributed by atoms with Crippen molar-refractivity contribution in [3.8, 4) is 0 Å². The molecule has 12 heterocycles. The van der Waals surface area contributed by atoms with E-state index in [1.807, 2.05) is 136 Å². The van der Waals surface area contributed by atoms with Gasteiger partial charge in [0, 0.05) is 97.8 Å². The van der Waals surface area contributed by atoms with Crippen LogP contribution >= 0.6 is 136 Å². The van der Waals surface area contributed by atoms with Gasteiger partial charge in [0.2, 0.25) is 0 Å². The van der Waals surface area contributed by atoms with E-state index in [0.29, 0.717) is 0 Å². The van der Waals surface area contributed by atoms with E-state index in [-0.39, 0.29) is 0 Å². The molecule has 0 saturated heterocycles. The largest absolute Gasteiger partial charge is 0.141 e. The molecule has 0 aliphatic rings. The molecule has 0 radical (unpaired) electrons. The van der Waals surface area contributed by atoms with Crippen LogP contribution in [0.1, 0.15) is 51.5 Å². The molecule has 27 aromatic rings. The Morgan fingerprint density at radius 1 is 0.121 bits per heavy atom. The molecule has 12 heteroatoms. The number of aryl methyl sites for hydroxylation is 10. The van der Waals surface area contributed by atoms with Gasteiger partial charge in [0.05, 0.1) is 37.6 Å². The highest BCUT2D eigenvalue weighted by atomic mass is 32.1. The molecule has 0 nitrogen and oxygen atoms in total. The zero-order chi connectivity index (χ0) is 77.9. The first-order valence-electron chi connectivity index (χ1n) is 39.0. The monoisotopic (exact) mass is 1700 g/mol. The molecule has 0 aliphatic heterocycles. The Kier molecular flexibility index (Phi) is 17.0. The van der Waals surface area contributed by atoms with Crippen LogP contribution in [0, 0.1) is 69.2 Å². The first-order chi connectivity index (χ1) is 56.3. The lowest BCUT2D eigenvalue weighted by Crippen LogP contribution is -1.77. The summed E-state index contributed by atoms with van der Waals surface area (Å²) >= 11 is 23.1. The lowest BCUT2D eigenvalue weighted by molar-refractivity contribution is 1.51. The average molecular weight is 1700 g/mol. The fourth-order valence-corrected chi connectivity index (χ4v) is 31.8. The van der Waals surface area contributed by atoms with Crippen LogP contribution in [0.3, 0.4) is 0 Å². The molecule has 12 aromatic heterocycles. The van der Waals surface area contributed by atoms with Crippen molar-refractivity contribution < 1.29 is 0 Å². The standard InChI is InChI=1S/2C26H16S3.C20H14S2.2C16H12S2/c1-13-3-5-15-11-21-19(9-17(15)7-13)23-25(27-21)26-24(29-23)20-10-18-8-14(2)4-6-16(18)12-22(20)28-26;1-13-3-5-15-9-19-21(11-17(15)7-13)27-25-23(19)29-24-20-10-16-6-4-14(2)8-18(16)12-22(20)28-26(24)25;1-11-3-17-7-13-5-16-10-20-18(4-12(2)22-20)8-14(16)6-15(13)9-19(17)21-11;2*1-9-3-13-5-11-8-16-14(4-10(2)18-16)6-12(11)7-15(13)17-9/h2*3-12H,1-2H3;3-10H,1-2H3;2*3-8H,1-2H3. The molecule has 27 rings (SSSR count). The maximum Gasteiger partial charge on any atom is 0.0642 e. The van der Waals surface area contributed by atoms with Crippen LogP contribution in [-0.2, 0) is 0 Å². The molecular formula is C104H70S12. The molecule has 0 spiro atoms. The Morgan fingerprint density at radius 2 is 0.293 bits per heavy atom. The first kappa shape index (κ1) is 71.7. The minimum atomic E-state index is 1.32. The van der Waals surface area contributed by atoms with Crippen LogP contribution in [-0.4, -0.2) is 0 Å². The summed E-state index contributed by atoms with van der Waals surface area (Å²) in [7, 11) is 0. The Morgan fingerprint density at radius 3 is 0.534 bits per heavy atom. The van der Waals surface area contributed by atoms with Crippen molar-refractivity contribution in [2.75, 3.05) is 0 Å². The van der Waals surface area contributed by atoms with Gasteiger partial charge < -0.3 is 0 Å². The van der Waals surface area contributed by atoms with Crippen molar-refractivity contribution in [3.63, 3.8) is 0 Å². The van der Waals surface area contributed by atoms with Gasteiger partial charge in [-0.1, -0.05) is 95.1 Å². The van der Waals surface area contributed by atoms with Gasteiger partial charge in [-0.2, -0.15) is 0 Å². The molecule has 0 atom stereocenters. The van der Waals surface area contributed by atoms with E-state index < -0.39 is 0 Å². The lowest BCUT2D eigenvalue weighted by Gasteiger charge is -2.04. The van der Waals surface area contributed by atoms with Crippen molar-refractivity contribution in [1.29, 1.82) is 0 Å². The third kappa shape index (κ3) is 12.5. The second-order valence-corrected chi connectivity index (χ2v) is 45.7.